The molecule has 0 saturated heterocycles. The molecule has 1 aliphatic carbocycles. The van der Waals surface area contributed by atoms with Gasteiger partial charge < -0.3 is 0 Å². The first-order chi connectivity index (χ1) is 11.1. The van der Waals surface area contributed by atoms with Crippen molar-refractivity contribution < 1.29 is 4.92 Å². The van der Waals surface area contributed by atoms with Crippen LogP contribution in [0.1, 0.15) is 29.5 Å². The highest BCUT2D eigenvalue weighted by molar-refractivity contribution is 5.84. The molecular weight excluding hydrogens is 286 g/mol. The normalized spacial score (nSPS) is 16.2. The van der Waals surface area contributed by atoms with Gasteiger partial charge in [0.1, 0.15) is 0 Å². The summed E-state index contributed by atoms with van der Waals surface area (Å²) in [6.07, 6.45) is 2.12. The van der Waals surface area contributed by atoms with Crippen molar-refractivity contribution in [1.29, 1.82) is 0 Å². The molecule has 3 aromatic rings. The summed E-state index contributed by atoms with van der Waals surface area (Å²) in [5.74, 6) is 0.0921. The fraction of sp³-hybridized carbons (Fsp3) is 0.100. The number of nitro groups is 1. The van der Waals surface area contributed by atoms with Crippen molar-refractivity contribution >= 4 is 22.5 Å². The van der Waals surface area contributed by atoms with E-state index in [1.165, 1.54) is 21.9 Å². The highest BCUT2D eigenvalue weighted by atomic mass is 16.6. The Hall–Kier alpha value is -2.94. The monoisotopic (exact) mass is 301 g/mol. The third-order valence-corrected chi connectivity index (χ3v) is 4.54. The van der Waals surface area contributed by atoms with Gasteiger partial charge in [-0.1, -0.05) is 54.1 Å². The number of benzene rings is 3. The van der Waals surface area contributed by atoms with E-state index >= 15 is 0 Å². The lowest BCUT2D eigenvalue weighted by atomic mass is 9.88. The summed E-state index contributed by atoms with van der Waals surface area (Å²) in [6.45, 7) is 2.09. The van der Waals surface area contributed by atoms with Gasteiger partial charge in [-0.05, 0) is 40.5 Å². The first kappa shape index (κ1) is 13.7. The van der Waals surface area contributed by atoms with Gasteiger partial charge in [0.15, 0.2) is 0 Å². The van der Waals surface area contributed by atoms with Crippen LogP contribution in [0.5, 0.6) is 0 Å². The number of allylic oxidation sites excluding steroid dienone is 1. The fourth-order valence-corrected chi connectivity index (χ4v) is 3.46. The van der Waals surface area contributed by atoms with E-state index in [1.54, 1.807) is 12.1 Å². The Labute approximate surface area is 134 Å². The molecule has 4 rings (SSSR count). The van der Waals surface area contributed by atoms with Gasteiger partial charge in [0, 0.05) is 18.1 Å². The zero-order valence-electron chi connectivity index (χ0n) is 12.7. The first-order valence-electron chi connectivity index (χ1n) is 7.59. The second-order valence-electron chi connectivity index (χ2n) is 6.00. The van der Waals surface area contributed by atoms with Crippen molar-refractivity contribution in [3.8, 4) is 0 Å². The zero-order valence-corrected chi connectivity index (χ0v) is 12.7. The predicted octanol–water partition coefficient (Wildman–Crippen LogP) is 5.30. The van der Waals surface area contributed by atoms with Crippen LogP contribution in [-0.2, 0) is 0 Å². The maximum Gasteiger partial charge on any atom is 0.269 e. The van der Waals surface area contributed by atoms with E-state index in [-0.39, 0.29) is 16.5 Å². The lowest BCUT2D eigenvalue weighted by Gasteiger charge is -2.16. The van der Waals surface area contributed by atoms with Gasteiger partial charge in [-0.15, -0.1) is 0 Å². The van der Waals surface area contributed by atoms with E-state index in [0.29, 0.717) is 0 Å². The van der Waals surface area contributed by atoms with Gasteiger partial charge in [0.05, 0.1) is 4.92 Å². The molecule has 3 heteroatoms. The summed E-state index contributed by atoms with van der Waals surface area (Å²) < 4.78 is 0. The van der Waals surface area contributed by atoms with E-state index in [2.05, 4.69) is 43.3 Å². The van der Waals surface area contributed by atoms with Crippen LogP contribution in [0.15, 0.2) is 66.2 Å². The van der Waals surface area contributed by atoms with Crippen molar-refractivity contribution in [2.45, 2.75) is 12.8 Å². The van der Waals surface area contributed by atoms with Gasteiger partial charge in [-0.2, -0.15) is 0 Å². The molecule has 0 saturated carbocycles. The summed E-state index contributed by atoms with van der Waals surface area (Å²) in [5.41, 5.74) is 4.64. The third kappa shape index (κ3) is 2.21. The molecule has 1 aliphatic rings. The minimum atomic E-state index is -0.328. The summed E-state index contributed by atoms with van der Waals surface area (Å²) in [7, 11) is 0. The maximum atomic E-state index is 11.1. The van der Waals surface area contributed by atoms with Crippen LogP contribution in [0.2, 0.25) is 0 Å². The van der Waals surface area contributed by atoms with Gasteiger partial charge >= 0.3 is 0 Å². The van der Waals surface area contributed by atoms with Crippen molar-refractivity contribution in [1.82, 2.24) is 0 Å². The second-order valence-corrected chi connectivity index (χ2v) is 6.00. The summed E-state index contributed by atoms with van der Waals surface area (Å²) >= 11 is 0. The number of nitrogens with zero attached hydrogens (tertiary/aromatic N) is 1. The van der Waals surface area contributed by atoms with Crippen molar-refractivity contribution in [3.63, 3.8) is 0 Å². The smallest absolute Gasteiger partial charge is 0.258 e. The van der Waals surface area contributed by atoms with Gasteiger partial charge in [0.2, 0.25) is 0 Å². The van der Waals surface area contributed by atoms with E-state index in [1.807, 2.05) is 18.2 Å². The first-order valence-corrected chi connectivity index (χ1v) is 7.59. The average Bonchev–Trinajstić information content (AvgIpc) is 2.89. The predicted molar refractivity (Wildman–Crippen MR) is 92.5 cm³/mol. The standard InChI is InChI=1S/C20H15NO2/c1-13-10-16-8-9-18(21(22)23)12-19(16)20(13)17-7-6-14-4-2-3-5-15(14)11-17/h2-12,20H,1H3. The Balaban J connectivity index is 1.87. The molecule has 3 aromatic carbocycles. The van der Waals surface area contributed by atoms with Crippen LogP contribution in [0.3, 0.4) is 0 Å². The Morgan fingerprint density at radius 1 is 0.957 bits per heavy atom. The summed E-state index contributed by atoms with van der Waals surface area (Å²) in [6, 6.07) is 19.8. The Morgan fingerprint density at radius 2 is 1.74 bits per heavy atom. The number of hydrogen-bond acceptors (Lipinski definition) is 2. The summed E-state index contributed by atoms with van der Waals surface area (Å²) in [4.78, 5) is 10.8. The lowest BCUT2D eigenvalue weighted by Crippen LogP contribution is -2.00. The molecular formula is C20H15NO2. The van der Waals surface area contributed by atoms with Crippen LogP contribution >= 0.6 is 0 Å². The third-order valence-electron chi connectivity index (χ3n) is 4.54. The number of fused-ring (bicyclic) bond motifs is 2. The Morgan fingerprint density at radius 3 is 2.52 bits per heavy atom. The topological polar surface area (TPSA) is 43.1 Å². The highest BCUT2D eigenvalue weighted by Gasteiger charge is 2.26. The molecule has 112 valence electrons. The van der Waals surface area contributed by atoms with Crippen LogP contribution in [0.4, 0.5) is 5.69 Å². The number of hydrogen-bond donors (Lipinski definition) is 0. The lowest BCUT2D eigenvalue weighted by molar-refractivity contribution is -0.384. The molecule has 0 spiro atoms. The van der Waals surface area contributed by atoms with E-state index < -0.39 is 0 Å². The van der Waals surface area contributed by atoms with Gasteiger partial charge in [-0.3, -0.25) is 10.1 Å². The zero-order chi connectivity index (χ0) is 16.0. The number of nitro benzene ring substituents is 1. The van der Waals surface area contributed by atoms with Crippen molar-refractivity contribution in [2.75, 3.05) is 0 Å². The van der Waals surface area contributed by atoms with Crippen LogP contribution in [-0.4, -0.2) is 4.92 Å². The van der Waals surface area contributed by atoms with Crippen LogP contribution in [0.25, 0.3) is 16.8 Å². The number of non-ortho nitro benzene ring substituents is 1. The molecule has 1 unspecified atom stereocenters. The molecule has 0 radical (unpaired) electrons. The molecule has 0 aromatic heterocycles. The quantitative estimate of drug-likeness (QED) is 0.476. The molecule has 0 bridgehead atoms. The molecule has 1 atom stereocenters. The van der Waals surface area contributed by atoms with Crippen molar-refractivity contribution in [3.05, 3.63) is 93.0 Å². The number of rotatable bonds is 2. The fourth-order valence-electron chi connectivity index (χ4n) is 3.46. The van der Waals surface area contributed by atoms with Gasteiger partial charge in [0.25, 0.3) is 5.69 Å². The van der Waals surface area contributed by atoms with E-state index in [0.717, 1.165) is 11.1 Å². The Kier molecular flexibility index (Phi) is 3.01. The van der Waals surface area contributed by atoms with Gasteiger partial charge in [-0.25, -0.2) is 0 Å². The minimum absolute atomic E-state index is 0.0921. The SMILES string of the molecule is CC1=Cc2ccc([N+](=O)[O-])cc2C1c1ccc2ccccc2c1. The molecule has 0 N–H and O–H groups in total. The molecule has 23 heavy (non-hydrogen) atoms. The average molecular weight is 301 g/mol. The molecule has 3 nitrogen and oxygen atoms in total. The molecule has 0 amide bonds. The second kappa shape index (κ2) is 5.06. The van der Waals surface area contributed by atoms with E-state index in [9.17, 15) is 10.1 Å². The summed E-state index contributed by atoms with van der Waals surface area (Å²) in [5, 5.41) is 13.5. The van der Waals surface area contributed by atoms with Crippen LogP contribution in [0, 0.1) is 10.1 Å². The molecule has 0 heterocycles. The Bertz CT molecular complexity index is 972. The minimum Gasteiger partial charge on any atom is -0.258 e. The van der Waals surface area contributed by atoms with Crippen molar-refractivity contribution in [2.24, 2.45) is 0 Å². The molecule has 0 fully saturated rings. The van der Waals surface area contributed by atoms with Crippen LogP contribution < -0.4 is 0 Å². The van der Waals surface area contributed by atoms with E-state index in [4.69, 9.17) is 0 Å². The highest BCUT2D eigenvalue weighted by Crippen LogP contribution is 2.42. The molecule has 0 aliphatic heterocycles. The maximum absolute atomic E-state index is 11.1. The largest absolute Gasteiger partial charge is 0.269 e.